The van der Waals surface area contributed by atoms with E-state index in [4.69, 9.17) is 9.47 Å². The van der Waals surface area contributed by atoms with Gasteiger partial charge in [-0.3, -0.25) is 0 Å². The van der Waals surface area contributed by atoms with Crippen LogP contribution in [0.15, 0.2) is 0 Å². The second-order valence-electron chi connectivity index (χ2n) is 5.88. The van der Waals surface area contributed by atoms with Crippen molar-refractivity contribution in [1.82, 2.24) is 8.61 Å². The first kappa shape index (κ1) is 16.2. The fourth-order valence-corrected chi connectivity index (χ4v) is 3.96. The Bertz CT molecular complexity index is 437. The third-order valence-corrected chi connectivity index (χ3v) is 6.50. The van der Waals surface area contributed by atoms with Gasteiger partial charge in [-0.05, 0) is 12.8 Å². The quantitative estimate of drug-likeness (QED) is 0.783. The average Bonchev–Trinajstić information content (AvgIpc) is 2.79. The molecule has 2 saturated heterocycles. The first-order valence-electron chi connectivity index (χ1n) is 7.31. The SMILES string of the molecule is CCC1(CC)COC2(CCN(S(=O)(=O)N(C)C)CC2)O1. The van der Waals surface area contributed by atoms with E-state index in [1.165, 1.54) is 8.61 Å². The molecule has 2 rings (SSSR count). The molecule has 7 heteroatoms. The third kappa shape index (κ3) is 2.74. The summed E-state index contributed by atoms with van der Waals surface area (Å²) in [6.07, 6.45) is 3.04. The maximum Gasteiger partial charge on any atom is 0.281 e. The molecule has 0 aromatic carbocycles. The zero-order chi connectivity index (χ0) is 15.0. The van der Waals surface area contributed by atoms with Gasteiger partial charge in [-0.15, -0.1) is 0 Å². The molecule has 118 valence electrons. The lowest BCUT2D eigenvalue weighted by atomic mass is 9.98. The highest BCUT2D eigenvalue weighted by Gasteiger charge is 2.51. The minimum absolute atomic E-state index is 0.192. The topological polar surface area (TPSA) is 59.1 Å². The van der Waals surface area contributed by atoms with E-state index < -0.39 is 16.0 Å². The lowest BCUT2D eigenvalue weighted by Gasteiger charge is -2.39. The Morgan fingerprint density at radius 2 is 1.70 bits per heavy atom. The van der Waals surface area contributed by atoms with Crippen molar-refractivity contribution in [3.8, 4) is 0 Å². The molecule has 2 aliphatic heterocycles. The number of nitrogens with zero attached hydrogens (tertiary/aromatic N) is 2. The van der Waals surface area contributed by atoms with E-state index in [0.717, 1.165) is 12.8 Å². The number of ether oxygens (including phenoxy) is 2. The van der Waals surface area contributed by atoms with Crippen molar-refractivity contribution in [2.75, 3.05) is 33.8 Å². The molecule has 0 aliphatic carbocycles. The molecule has 0 saturated carbocycles. The van der Waals surface area contributed by atoms with E-state index in [9.17, 15) is 8.42 Å². The van der Waals surface area contributed by atoms with Crippen LogP contribution >= 0.6 is 0 Å². The fraction of sp³-hybridized carbons (Fsp3) is 1.00. The van der Waals surface area contributed by atoms with Gasteiger partial charge in [-0.25, -0.2) is 0 Å². The standard InChI is InChI=1S/C13H26N2O4S/c1-5-12(6-2)11-18-13(19-12)7-9-15(10-8-13)20(16,17)14(3)4/h5-11H2,1-4H3. The summed E-state index contributed by atoms with van der Waals surface area (Å²) in [5, 5.41) is 0. The Kier molecular flexibility index (Phi) is 4.47. The molecule has 0 bridgehead atoms. The van der Waals surface area contributed by atoms with Crippen LogP contribution in [0.5, 0.6) is 0 Å². The van der Waals surface area contributed by atoms with Crippen LogP contribution in [-0.2, 0) is 19.7 Å². The summed E-state index contributed by atoms with van der Waals surface area (Å²) in [4.78, 5) is 0. The van der Waals surface area contributed by atoms with E-state index in [1.807, 2.05) is 0 Å². The molecule has 2 aliphatic rings. The predicted molar refractivity (Wildman–Crippen MR) is 76.5 cm³/mol. The summed E-state index contributed by atoms with van der Waals surface area (Å²) in [7, 11) is -0.216. The summed E-state index contributed by atoms with van der Waals surface area (Å²) in [6, 6.07) is 0. The van der Waals surface area contributed by atoms with Gasteiger partial charge in [-0.1, -0.05) is 13.8 Å². The Balaban J connectivity index is 2.02. The molecule has 0 aromatic rings. The Morgan fingerprint density at radius 1 is 1.15 bits per heavy atom. The summed E-state index contributed by atoms with van der Waals surface area (Å²) >= 11 is 0. The van der Waals surface area contributed by atoms with Crippen LogP contribution in [0.3, 0.4) is 0 Å². The maximum atomic E-state index is 12.1. The lowest BCUT2D eigenvalue weighted by Crippen LogP contribution is -2.51. The molecule has 20 heavy (non-hydrogen) atoms. The molecule has 0 aromatic heterocycles. The van der Waals surface area contributed by atoms with Gasteiger partial charge in [0, 0.05) is 40.0 Å². The van der Waals surface area contributed by atoms with Gasteiger partial charge in [0.1, 0.15) is 0 Å². The van der Waals surface area contributed by atoms with Crippen molar-refractivity contribution in [2.24, 2.45) is 0 Å². The number of rotatable bonds is 4. The van der Waals surface area contributed by atoms with Crippen molar-refractivity contribution < 1.29 is 17.9 Å². The second-order valence-corrected chi connectivity index (χ2v) is 8.02. The highest BCUT2D eigenvalue weighted by atomic mass is 32.2. The van der Waals surface area contributed by atoms with Gasteiger partial charge < -0.3 is 9.47 Å². The zero-order valence-corrected chi connectivity index (χ0v) is 13.7. The summed E-state index contributed by atoms with van der Waals surface area (Å²) in [5.41, 5.74) is -0.192. The van der Waals surface area contributed by atoms with Crippen molar-refractivity contribution in [3.63, 3.8) is 0 Å². The number of hydrogen-bond acceptors (Lipinski definition) is 4. The fourth-order valence-electron chi connectivity index (χ4n) is 2.85. The summed E-state index contributed by atoms with van der Waals surface area (Å²) in [5.74, 6) is -0.579. The Morgan fingerprint density at radius 3 is 2.10 bits per heavy atom. The van der Waals surface area contributed by atoms with Crippen LogP contribution in [-0.4, -0.2) is 62.2 Å². The molecule has 2 fully saturated rings. The van der Waals surface area contributed by atoms with Crippen molar-refractivity contribution in [3.05, 3.63) is 0 Å². The van der Waals surface area contributed by atoms with Crippen LogP contribution in [0, 0.1) is 0 Å². The Hall–Kier alpha value is -0.210. The van der Waals surface area contributed by atoms with E-state index in [0.29, 0.717) is 32.5 Å². The zero-order valence-electron chi connectivity index (χ0n) is 12.9. The van der Waals surface area contributed by atoms with Gasteiger partial charge >= 0.3 is 0 Å². The molecule has 0 radical (unpaired) electrons. The average molecular weight is 306 g/mol. The minimum atomic E-state index is -3.33. The number of piperidine rings is 1. The molecule has 0 N–H and O–H groups in total. The molecule has 6 nitrogen and oxygen atoms in total. The predicted octanol–water partition coefficient (Wildman–Crippen LogP) is 1.19. The van der Waals surface area contributed by atoms with Gasteiger partial charge in [0.25, 0.3) is 10.2 Å². The van der Waals surface area contributed by atoms with Crippen LogP contribution in [0.4, 0.5) is 0 Å². The van der Waals surface area contributed by atoms with Crippen molar-refractivity contribution in [1.29, 1.82) is 0 Å². The highest BCUT2D eigenvalue weighted by molar-refractivity contribution is 7.86. The van der Waals surface area contributed by atoms with E-state index >= 15 is 0 Å². The van der Waals surface area contributed by atoms with E-state index in [2.05, 4.69) is 13.8 Å². The number of hydrogen-bond donors (Lipinski definition) is 0. The molecule has 0 amide bonds. The Labute approximate surface area is 122 Å². The van der Waals surface area contributed by atoms with Crippen LogP contribution in [0.2, 0.25) is 0 Å². The summed E-state index contributed by atoms with van der Waals surface area (Å²) in [6.45, 7) is 5.73. The molecule has 0 atom stereocenters. The first-order chi connectivity index (χ1) is 9.29. The first-order valence-corrected chi connectivity index (χ1v) is 8.71. The minimum Gasteiger partial charge on any atom is -0.347 e. The lowest BCUT2D eigenvalue weighted by molar-refractivity contribution is -0.207. The van der Waals surface area contributed by atoms with Gasteiger partial charge in [0.2, 0.25) is 0 Å². The molecule has 2 heterocycles. The van der Waals surface area contributed by atoms with Gasteiger partial charge in [0.15, 0.2) is 5.79 Å². The van der Waals surface area contributed by atoms with E-state index in [1.54, 1.807) is 14.1 Å². The van der Waals surface area contributed by atoms with Gasteiger partial charge in [0.05, 0.1) is 12.2 Å². The van der Waals surface area contributed by atoms with Gasteiger partial charge in [-0.2, -0.15) is 17.0 Å². The van der Waals surface area contributed by atoms with Crippen LogP contribution in [0.1, 0.15) is 39.5 Å². The normalized spacial score (nSPS) is 26.4. The molecular weight excluding hydrogens is 280 g/mol. The molecule has 1 spiro atoms. The van der Waals surface area contributed by atoms with E-state index in [-0.39, 0.29) is 5.60 Å². The molecule has 0 unspecified atom stereocenters. The smallest absolute Gasteiger partial charge is 0.281 e. The van der Waals surface area contributed by atoms with Crippen molar-refractivity contribution >= 4 is 10.2 Å². The third-order valence-electron chi connectivity index (χ3n) is 4.56. The maximum absolute atomic E-state index is 12.1. The highest BCUT2D eigenvalue weighted by Crippen LogP contribution is 2.42. The second kappa shape index (κ2) is 5.53. The molecular formula is C13H26N2O4S. The summed E-state index contributed by atoms with van der Waals surface area (Å²) < 4.78 is 39.1. The van der Waals surface area contributed by atoms with Crippen LogP contribution in [0.25, 0.3) is 0 Å². The van der Waals surface area contributed by atoms with Crippen molar-refractivity contribution in [2.45, 2.75) is 50.9 Å². The monoisotopic (exact) mass is 306 g/mol. The largest absolute Gasteiger partial charge is 0.347 e. The van der Waals surface area contributed by atoms with Crippen LogP contribution < -0.4 is 0 Å².